The lowest BCUT2D eigenvalue weighted by Crippen LogP contribution is -2.48. The fourth-order valence-electron chi connectivity index (χ4n) is 3.57. The van der Waals surface area contributed by atoms with Gasteiger partial charge in [0, 0.05) is 24.2 Å². The maximum Gasteiger partial charge on any atom is 0.243 e. The predicted octanol–water partition coefficient (Wildman–Crippen LogP) is 4.08. The number of rotatable bonds is 6. The van der Waals surface area contributed by atoms with Gasteiger partial charge in [-0.1, -0.05) is 17.7 Å². The minimum absolute atomic E-state index is 0.0181. The Kier molecular flexibility index (Phi) is 6.71. The third-order valence-electron chi connectivity index (χ3n) is 5.33. The molecular weight excluding hydrogens is 412 g/mol. The number of hydrogen-bond donors (Lipinski definition) is 0. The molecular formula is C21H27ClN2O4S. The number of sulfonamides is 1. The Morgan fingerprint density at radius 2 is 2.10 bits per heavy atom. The summed E-state index contributed by atoms with van der Waals surface area (Å²) in [6.07, 6.45) is 2.89. The van der Waals surface area contributed by atoms with Gasteiger partial charge >= 0.3 is 0 Å². The Labute approximate surface area is 177 Å². The van der Waals surface area contributed by atoms with Crippen molar-refractivity contribution in [1.29, 1.82) is 0 Å². The highest BCUT2D eigenvalue weighted by Crippen LogP contribution is 2.28. The number of aryl methyl sites for hydroxylation is 1. The normalized spacial score (nSPS) is 18.2. The van der Waals surface area contributed by atoms with Crippen LogP contribution < -0.4 is 0 Å². The van der Waals surface area contributed by atoms with Gasteiger partial charge in [-0.05, 0) is 63.4 Å². The maximum atomic E-state index is 13.2. The quantitative estimate of drug-likeness (QED) is 0.681. The second-order valence-corrected chi connectivity index (χ2v) is 10.1. The number of benzene rings is 1. The number of carbonyl (C=O) groups excluding carboxylic acids is 1. The van der Waals surface area contributed by atoms with Crippen molar-refractivity contribution in [3.8, 4) is 0 Å². The van der Waals surface area contributed by atoms with Crippen molar-refractivity contribution in [2.75, 3.05) is 13.1 Å². The van der Waals surface area contributed by atoms with Crippen molar-refractivity contribution in [2.45, 2.75) is 51.1 Å². The van der Waals surface area contributed by atoms with Crippen molar-refractivity contribution in [3.63, 3.8) is 0 Å². The molecule has 1 saturated heterocycles. The minimum Gasteiger partial charge on any atom is -0.467 e. The van der Waals surface area contributed by atoms with Crippen LogP contribution in [-0.2, 0) is 21.4 Å². The monoisotopic (exact) mass is 438 g/mol. The molecule has 158 valence electrons. The molecule has 1 amide bonds. The molecule has 0 spiro atoms. The number of hydrogen-bond acceptors (Lipinski definition) is 4. The van der Waals surface area contributed by atoms with Crippen LogP contribution in [0.15, 0.2) is 45.9 Å². The first-order chi connectivity index (χ1) is 13.7. The lowest BCUT2D eigenvalue weighted by Gasteiger charge is -2.35. The van der Waals surface area contributed by atoms with Crippen LogP contribution in [0.4, 0.5) is 0 Å². The first-order valence-corrected chi connectivity index (χ1v) is 11.6. The van der Waals surface area contributed by atoms with E-state index in [1.165, 1.54) is 10.4 Å². The molecule has 1 atom stereocenters. The van der Waals surface area contributed by atoms with Gasteiger partial charge < -0.3 is 9.32 Å². The van der Waals surface area contributed by atoms with Crippen LogP contribution in [0.2, 0.25) is 5.02 Å². The molecule has 1 fully saturated rings. The van der Waals surface area contributed by atoms with E-state index in [-0.39, 0.29) is 29.3 Å². The summed E-state index contributed by atoms with van der Waals surface area (Å²) < 4.78 is 33.0. The van der Waals surface area contributed by atoms with Gasteiger partial charge in [0.1, 0.15) is 5.76 Å². The molecule has 0 aliphatic carbocycles. The molecule has 8 heteroatoms. The van der Waals surface area contributed by atoms with Crippen LogP contribution in [-0.4, -0.2) is 42.7 Å². The Morgan fingerprint density at radius 3 is 2.72 bits per heavy atom. The highest BCUT2D eigenvalue weighted by Gasteiger charge is 2.36. The molecule has 3 rings (SSSR count). The lowest BCUT2D eigenvalue weighted by atomic mass is 9.97. The lowest BCUT2D eigenvalue weighted by molar-refractivity contribution is -0.139. The Morgan fingerprint density at radius 1 is 1.34 bits per heavy atom. The fraction of sp³-hybridized carbons (Fsp3) is 0.476. The van der Waals surface area contributed by atoms with E-state index in [2.05, 4.69) is 0 Å². The highest BCUT2D eigenvalue weighted by molar-refractivity contribution is 7.89. The molecule has 1 aliphatic rings. The van der Waals surface area contributed by atoms with Crippen molar-refractivity contribution in [1.82, 2.24) is 9.21 Å². The molecule has 1 aromatic heterocycles. The zero-order valence-corrected chi connectivity index (χ0v) is 18.5. The minimum atomic E-state index is -3.70. The zero-order valence-electron chi connectivity index (χ0n) is 17.0. The van der Waals surface area contributed by atoms with Crippen LogP contribution in [0.1, 0.15) is 38.0 Å². The summed E-state index contributed by atoms with van der Waals surface area (Å²) in [5.74, 6) is 0.289. The van der Waals surface area contributed by atoms with Crippen LogP contribution in [0.5, 0.6) is 0 Å². The molecule has 0 N–H and O–H groups in total. The molecule has 2 aromatic rings. The van der Waals surface area contributed by atoms with E-state index in [4.69, 9.17) is 16.0 Å². The van der Waals surface area contributed by atoms with Gasteiger partial charge in [-0.3, -0.25) is 4.79 Å². The number of nitrogens with zero attached hydrogens (tertiary/aromatic N) is 2. The second-order valence-electron chi connectivity index (χ2n) is 7.75. The molecule has 6 nitrogen and oxygen atoms in total. The van der Waals surface area contributed by atoms with Gasteiger partial charge in [0.2, 0.25) is 15.9 Å². The van der Waals surface area contributed by atoms with Crippen LogP contribution >= 0.6 is 11.6 Å². The van der Waals surface area contributed by atoms with Crippen molar-refractivity contribution in [3.05, 3.63) is 52.9 Å². The van der Waals surface area contributed by atoms with Crippen LogP contribution in [0, 0.1) is 12.8 Å². The molecule has 1 aromatic carbocycles. The van der Waals surface area contributed by atoms with E-state index in [9.17, 15) is 13.2 Å². The van der Waals surface area contributed by atoms with Gasteiger partial charge in [-0.2, -0.15) is 4.31 Å². The molecule has 0 bridgehead atoms. The largest absolute Gasteiger partial charge is 0.467 e. The topological polar surface area (TPSA) is 70.8 Å². The third-order valence-corrected chi connectivity index (χ3v) is 7.60. The number of furan rings is 1. The van der Waals surface area contributed by atoms with Crippen LogP contribution in [0.25, 0.3) is 0 Å². The highest BCUT2D eigenvalue weighted by atomic mass is 35.5. The number of carbonyl (C=O) groups is 1. The molecule has 1 aliphatic heterocycles. The SMILES string of the molecule is Cc1ccc(S(=O)(=O)N2CCCC(C(=O)N(Cc3ccco3)C(C)C)C2)cc1Cl. The van der Waals surface area contributed by atoms with E-state index >= 15 is 0 Å². The van der Waals surface area contributed by atoms with Crippen LogP contribution in [0.3, 0.4) is 0 Å². The number of halogens is 1. The third kappa shape index (κ3) is 4.85. The summed E-state index contributed by atoms with van der Waals surface area (Å²) in [5.41, 5.74) is 0.822. The van der Waals surface area contributed by atoms with Gasteiger partial charge in [-0.15, -0.1) is 0 Å². The molecule has 0 saturated carbocycles. The van der Waals surface area contributed by atoms with Crippen molar-refractivity contribution >= 4 is 27.5 Å². The van der Waals surface area contributed by atoms with E-state index in [1.807, 2.05) is 26.8 Å². The predicted molar refractivity (Wildman–Crippen MR) is 112 cm³/mol. The average Bonchev–Trinajstić information content (AvgIpc) is 3.21. The average molecular weight is 439 g/mol. The summed E-state index contributed by atoms with van der Waals surface area (Å²) in [7, 11) is -3.70. The number of piperidine rings is 1. The Balaban J connectivity index is 1.78. The summed E-state index contributed by atoms with van der Waals surface area (Å²) in [6, 6.07) is 8.36. The molecule has 1 unspecified atom stereocenters. The molecule has 2 heterocycles. The first kappa shape index (κ1) is 21.9. The van der Waals surface area contributed by atoms with Gasteiger partial charge in [-0.25, -0.2) is 8.42 Å². The van der Waals surface area contributed by atoms with E-state index in [0.29, 0.717) is 36.7 Å². The van der Waals surface area contributed by atoms with E-state index < -0.39 is 10.0 Å². The summed E-state index contributed by atoms with van der Waals surface area (Å²) >= 11 is 6.13. The summed E-state index contributed by atoms with van der Waals surface area (Å²) in [6.45, 7) is 6.68. The molecule has 0 radical (unpaired) electrons. The summed E-state index contributed by atoms with van der Waals surface area (Å²) in [4.78, 5) is 15.1. The smallest absolute Gasteiger partial charge is 0.243 e. The second kappa shape index (κ2) is 8.90. The van der Waals surface area contributed by atoms with E-state index in [0.717, 1.165) is 5.56 Å². The van der Waals surface area contributed by atoms with Gasteiger partial charge in [0.15, 0.2) is 0 Å². The standard InChI is InChI=1S/C21H27ClN2O4S/c1-15(2)24(14-18-7-5-11-28-18)21(25)17-6-4-10-23(13-17)29(26,27)19-9-8-16(3)20(22)12-19/h5,7-9,11-12,15,17H,4,6,10,13-14H2,1-3H3. The Bertz CT molecular complexity index is 957. The maximum absolute atomic E-state index is 13.2. The number of amides is 1. The first-order valence-electron chi connectivity index (χ1n) is 9.79. The van der Waals surface area contributed by atoms with Crippen molar-refractivity contribution in [2.24, 2.45) is 5.92 Å². The fourth-order valence-corrected chi connectivity index (χ4v) is 5.36. The Hall–Kier alpha value is -1.83. The summed E-state index contributed by atoms with van der Waals surface area (Å²) in [5, 5.41) is 0.417. The zero-order chi connectivity index (χ0) is 21.2. The van der Waals surface area contributed by atoms with Crippen molar-refractivity contribution < 1.29 is 17.6 Å². The molecule has 29 heavy (non-hydrogen) atoms. The van der Waals surface area contributed by atoms with Gasteiger partial charge in [0.05, 0.1) is 23.6 Å². The van der Waals surface area contributed by atoms with E-state index in [1.54, 1.807) is 29.4 Å². The van der Waals surface area contributed by atoms with Gasteiger partial charge in [0.25, 0.3) is 0 Å².